The van der Waals surface area contributed by atoms with Gasteiger partial charge < -0.3 is 0 Å². The van der Waals surface area contributed by atoms with E-state index in [1.54, 1.807) is 0 Å². The van der Waals surface area contributed by atoms with Crippen LogP contribution >= 0.6 is 23.2 Å². The molecule has 0 spiro atoms. The maximum atomic E-state index is 5.91. The molecule has 1 aromatic carbocycles. The lowest BCUT2D eigenvalue weighted by Gasteiger charge is -2.00. The lowest BCUT2D eigenvalue weighted by atomic mass is 10.1. The van der Waals surface area contributed by atoms with E-state index in [0.29, 0.717) is 10.0 Å². The van der Waals surface area contributed by atoms with Gasteiger partial charge in [-0.1, -0.05) is 44.0 Å². The molecule has 2 rings (SSSR count). The molecule has 0 saturated carbocycles. The van der Waals surface area contributed by atoms with E-state index in [1.165, 1.54) is 11.1 Å². The van der Waals surface area contributed by atoms with Crippen LogP contribution in [0.25, 0.3) is 0 Å². The number of fused-ring (bicyclic) bond motifs is 1. The van der Waals surface area contributed by atoms with Crippen molar-refractivity contribution in [3.05, 3.63) is 33.3 Å². The molecule has 0 aliphatic heterocycles. The monoisotopic (exact) mass is 230 g/mol. The third-order valence-electron chi connectivity index (χ3n) is 2.38. The van der Waals surface area contributed by atoms with Crippen LogP contribution in [-0.2, 0) is 12.8 Å². The molecule has 0 N–H and O–H groups in total. The van der Waals surface area contributed by atoms with Gasteiger partial charge in [0.15, 0.2) is 0 Å². The van der Waals surface area contributed by atoms with Gasteiger partial charge >= 0.3 is 0 Å². The van der Waals surface area contributed by atoms with E-state index in [-0.39, 0.29) is 0 Å². The fourth-order valence-electron chi connectivity index (χ4n) is 1.83. The van der Waals surface area contributed by atoms with Crippen LogP contribution in [0.1, 0.15) is 31.9 Å². The summed E-state index contributed by atoms with van der Waals surface area (Å²) >= 11 is 11.8. The Morgan fingerprint density at radius 2 is 1.36 bits per heavy atom. The van der Waals surface area contributed by atoms with Gasteiger partial charge in [0.2, 0.25) is 0 Å². The van der Waals surface area contributed by atoms with Gasteiger partial charge in [-0.3, -0.25) is 0 Å². The summed E-state index contributed by atoms with van der Waals surface area (Å²) in [6, 6.07) is 4.01. The summed E-state index contributed by atoms with van der Waals surface area (Å²) in [6.07, 6.45) is 2.29. The second kappa shape index (κ2) is 5.04. The van der Waals surface area contributed by atoms with Crippen LogP contribution in [0.3, 0.4) is 0 Å². The molecule has 0 aromatic heterocycles. The zero-order valence-corrected chi connectivity index (χ0v) is 10.4. The van der Waals surface area contributed by atoms with Crippen LogP contribution in [0.4, 0.5) is 0 Å². The predicted octanol–water partition coefficient (Wildman–Crippen LogP) is 4.75. The van der Waals surface area contributed by atoms with E-state index in [2.05, 4.69) is 6.92 Å². The van der Waals surface area contributed by atoms with Gasteiger partial charge in [0.05, 0.1) is 10.0 Å². The van der Waals surface area contributed by atoms with Gasteiger partial charge in [-0.25, -0.2) is 0 Å². The van der Waals surface area contributed by atoms with E-state index in [1.807, 2.05) is 26.0 Å². The maximum absolute atomic E-state index is 5.91. The average molecular weight is 231 g/mol. The van der Waals surface area contributed by atoms with Crippen molar-refractivity contribution in [2.45, 2.75) is 33.6 Å². The topological polar surface area (TPSA) is 0 Å². The number of halogens is 2. The molecule has 1 aliphatic carbocycles. The fraction of sp³-hybridized carbons (Fsp3) is 0.500. The first kappa shape index (κ1) is 11.9. The molecule has 78 valence electrons. The Morgan fingerprint density at radius 3 is 1.71 bits per heavy atom. The highest BCUT2D eigenvalue weighted by Crippen LogP contribution is 2.33. The van der Waals surface area contributed by atoms with Crippen LogP contribution in [0.5, 0.6) is 0 Å². The zero-order chi connectivity index (χ0) is 10.7. The van der Waals surface area contributed by atoms with Crippen molar-refractivity contribution < 1.29 is 0 Å². The van der Waals surface area contributed by atoms with Crippen LogP contribution in [-0.4, -0.2) is 0 Å². The van der Waals surface area contributed by atoms with Crippen LogP contribution in [0, 0.1) is 5.92 Å². The van der Waals surface area contributed by atoms with Crippen molar-refractivity contribution >= 4 is 23.2 Å². The van der Waals surface area contributed by atoms with Crippen molar-refractivity contribution in [1.29, 1.82) is 0 Å². The SMILES string of the molecule is CC.CC1Cc2cc(Cl)c(Cl)cc2C1. The van der Waals surface area contributed by atoms with Crippen molar-refractivity contribution in [2.24, 2.45) is 5.92 Å². The lowest BCUT2D eigenvalue weighted by molar-refractivity contribution is 0.628. The highest BCUT2D eigenvalue weighted by Gasteiger charge is 2.18. The normalized spacial score (nSPS) is 14.6. The Labute approximate surface area is 96.2 Å². The summed E-state index contributed by atoms with van der Waals surface area (Å²) < 4.78 is 0. The molecule has 14 heavy (non-hydrogen) atoms. The molecule has 0 unspecified atom stereocenters. The van der Waals surface area contributed by atoms with E-state index in [0.717, 1.165) is 18.8 Å². The largest absolute Gasteiger partial charge is 0.0827 e. The number of rotatable bonds is 0. The summed E-state index contributed by atoms with van der Waals surface area (Å²) in [5.74, 6) is 0.745. The summed E-state index contributed by atoms with van der Waals surface area (Å²) in [4.78, 5) is 0. The molecule has 0 saturated heterocycles. The van der Waals surface area contributed by atoms with Gasteiger partial charge in [0.1, 0.15) is 0 Å². The standard InChI is InChI=1S/C10H10Cl2.C2H6/c1-6-2-7-4-9(11)10(12)5-8(7)3-6;1-2/h4-6H,2-3H2,1H3;1-2H3. The van der Waals surface area contributed by atoms with Gasteiger partial charge in [-0.15, -0.1) is 0 Å². The molecule has 0 bridgehead atoms. The molecule has 0 fully saturated rings. The summed E-state index contributed by atoms with van der Waals surface area (Å²) in [6.45, 7) is 6.25. The minimum Gasteiger partial charge on any atom is -0.0827 e. The first-order valence-corrected chi connectivity index (χ1v) is 5.89. The molecular weight excluding hydrogens is 215 g/mol. The first-order chi connectivity index (χ1) is 6.66. The quantitative estimate of drug-likeness (QED) is 0.604. The summed E-state index contributed by atoms with van der Waals surface area (Å²) in [5, 5.41) is 1.37. The molecule has 0 heterocycles. The van der Waals surface area contributed by atoms with E-state index < -0.39 is 0 Å². The number of benzene rings is 1. The third kappa shape index (κ3) is 2.43. The molecule has 2 heteroatoms. The minimum atomic E-state index is 0.685. The maximum Gasteiger partial charge on any atom is 0.0595 e. The van der Waals surface area contributed by atoms with Gasteiger partial charge in [-0.2, -0.15) is 0 Å². The summed E-state index contributed by atoms with van der Waals surface area (Å²) in [5.41, 5.74) is 2.74. The Morgan fingerprint density at radius 1 is 1.00 bits per heavy atom. The smallest absolute Gasteiger partial charge is 0.0595 e. The van der Waals surface area contributed by atoms with Crippen molar-refractivity contribution in [3.63, 3.8) is 0 Å². The molecule has 1 aliphatic rings. The number of hydrogen-bond donors (Lipinski definition) is 0. The third-order valence-corrected chi connectivity index (χ3v) is 3.10. The van der Waals surface area contributed by atoms with E-state index >= 15 is 0 Å². The first-order valence-electron chi connectivity index (χ1n) is 5.13. The molecular formula is C12H16Cl2. The highest BCUT2D eigenvalue weighted by molar-refractivity contribution is 6.42. The van der Waals surface area contributed by atoms with Crippen molar-refractivity contribution in [2.75, 3.05) is 0 Å². The highest BCUT2D eigenvalue weighted by atomic mass is 35.5. The molecule has 0 atom stereocenters. The van der Waals surface area contributed by atoms with Crippen LogP contribution in [0.15, 0.2) is 12.1 Å². The van der Waals surface area contributed by atoms with E-state index in [4.69, 9.17) is 23.2 Å². The van der Waals surface area contributed by atoms with Gasteiger partial charge in [0.25, 0.3) is 0 Å². The van der Waals surface area contributed by atoms with Crippen molar-refractivity contribution in [3.8, 4) is 0 Å². The van der Waals surface area contributed by atoms with E-state index in [9.17, 15) is 0 Å². The molecule has 0 amide bonds. The number of hydrogen-bond acceptors (Lipinski definition) is 0. The summed E-state index contributed by atoms with van der Waals surface area (Å²) in [7, 11) is 0. The van der Waals surface area contributed by atoms with Crippen LogP contribution < -0.4 is 0 Å². The Hall–Kier alpha value is -0.200. The predicted molar refractivity (Wildman–Crippen MR) is 64.4 cm³/mol. The zero-order valence-electron chi connectivity index (χ0n) is 8.90. The van der Waals surface area contributed by atoms with Gasteiger partial charge in [0, 0.05) is 0 Å². The van der Waals surface area contributed by atoms with Crippen molar-refractivity contribution in [1.82, 2.24) is 0 Å². The lowest BCUT2D eigenvalue weighted by Crippen LogP contribution is -1.89. The molecule has 0 nitrogen and oxygen atoms in total. The molecule has 1 aromatic rings. The van der Waals surface area contributed by atoms with Gasteiger partial charge in [-0.05, 0) is 42.0 Å². The fourth-order valence-corrected chi connectivity index (χ4v) is 2.20. The molecule has 0 radical (unpaired) electrons. The minimum absolute atomic E-state index is 0.685. The Bertz CT molecular complexity index is 287. The van der Waals surface area contributed by atoms with Crippen LogP contribution in [0.2, 0.25) is 10.0 Å². The Kier molecular flexibility index (Phi) is 4.28. The average Bonchev–Trinajstić information content (AvgIpc) is 2.49. The second-order valence-corrected chi connectivity index (χ2v) is 4.36. The Balaban J connectivity index is 0.000000461. The second-order valence-electron chi connectivity index (χ2n) is 3.55.